The highest BCUT2D eigenvalue weighted by molar-refractivity contribution is 5.92. The SMILES string of the molecule is CCc1c(C)ncnc1N1CCN(CC(=O)Nc2ccc(C)cc2)CC1. The molecule has 6 nitrogen and oxygen atoms in total. The van der Waals surface area contributed by atoms with Gasteiger partial charge in [0.1, 0.15) is 12.1 Å². The lowest BCUT2D eigenvalue weighted by molar-refractivity contribution is -0.117. The van der Waals surface area contributed by atoms with E-state index in [1.54, 1.807) is 6.33 Å². The number of amides is 1. The van der Waals surface area contributed by atoms with E-state index in [9.17, 15) is 4.79 Å². The molecule has 0 spiro atoms. The normalized spacial score (nSPS) is 15.1. The molecule has 1 aromatic heterocycles. The second kappa shape index (κ2) is 8.27. The van der Waals surface area contributed by atoms with Crippen LogP contribution in [0.15, 0.2) is 30.6 Å². The zero-order valence-electron chi connectivity index (χ0n) is 15.8. The lowest BCUT2D eigenvalue weighted by Crippen LogP contribution is -2.49. The molecule has 0 atom stereocenters. The summed E-state index contributed by atoms with van der Waals surface area (Å²) in [5.41, 5.74) is 4.31. The van der Waals surface area contributed by atoms with Crippen LogP contribution in [0.2, 0.25) is 0 Å². The van der Waals surface area contributed by atoms with Crippen molar-refractivity contribution in [2.45, 2.75) is 27.2 Å². The number of carbonyl (C=O) groups is 1. The Labute approximate surface area is 155 Å². The van der Waals surface area contributed by atoms with Crippen LogP contribution in [0.25, 0.3) is 0 Å². The first-order valence-corrected chi connectivity index (χ1v) is 9.21. The fraction of sp³-hybridized carbons (Fsp3) is 0.450. The molecule has 0 bridgehead atoms. The molecule has 1 amide bonds. The molecule has 0 saturated carbocycles. The van der Waals surface area contributed by atoms with Crippen molar-refractivity contribution in [3.05, 3.63) is 47.4 Å². The molecule has 0 unspecified atom stereocenters. The summed E-state index contributed by atoms with van der Waals surface area (Å²) in [6.45, 7) is 10.1. The number of rotatable bonds is 5. The van der Waals surface area contributed by atoms with Crippen LogP contribution < -0.4 is 10.2 Å². The fourth-order valence-electron chi connectivity index (χ4n) is 3.33. The number of carbonyl (C=O) groups excluding carboxylic acids is 1. The van der Waals surface area contributed by atoms with Crippen LogP contribution in [0.4, 0.5) is 11.5 Å². The average Bonchev–Trinajstić information content (AvgIpc) is 2.64. The van der Waals surface area contributed by atoms with Crippen LogP contribution in [0, 0.1) is 13.8 Å². The van der Waals surface area contributed by atoms with E-state index >= 15 is 0 Å². The van der Waals surface area contributed by atoms with Crippen molar-refractivity contribution in [1.29, 1.82) is 0 Å². The number of nitrogens with one attached hydrogen (secondary N) is 1. The Morgan fingerprint density at radius 3 is 2.42 bits per heavy atom. The van der Waals surface area contributed by atoms with E-state index in [2.05, 4.69) is 32.0 Å². The third kappa shape index (κ3) is 4.38. The van der Waals surface area contributed by atoms with E-state index in [0.29, 0.717) is 6.54 Å². The van der Waals surface area contributed by atoms with E-state index in [1.807, 2.05) is 38.1 Å². The van der Waals surface area contributed by atoms with E-state index < -0.39 is 0 Å². The van der Waals surface area contributed by atoms with Gasteiger partial charge in [-0.25, -0.2) is 9.97 Å². The molecule has 1 fully saturated rings. The molecule has 1 aliphatic rings. The highest BCUT2D eigenvalue weighted by Gasteiger charge is 2.22. The molecular formula is C20H27N5O. The number of nitrogens with zero attached hydrogens (tertiary/aromatic N) is 4. The highest BCUT2D eigenvalue weighted by Crippen LogP contribution is 2.21. The number of piperazine rings is 1. The zero-order valence-corrected chi connectivity index (χ0v) is 15.8. The van der Waals surface area contributed by atoms with Gasteiger partial charge in [-0.1, -0.05) is 24.6 Å². The largest absolute Gasteiger partial charge is 0.354 e. The van der Waals surface area contributed by atoms with Gasteiger partial charge in [0.25, 0.3) is 0 Å². The Balaban J connectivity index is 1.53. The summed E-state index contributed by atoms with van der Waals surface area (Å²) in [4.78, 5) is 25.6. The van der Waals surface area contributed by atoms with Crippen molar-refractivity contribution >= 4 is 17.4 Å². The molecule has 1 N–H and O–H groups in total. The van der Waals surface area contributed by atoms with Gasteiger partial charge < -0.3 is 10.2 Å². The van der Waals surface area contributed by atoms with Gasteiger partial charge in [0.15, 0.2) is 0 Å². The van der Waals surface area contributed by atoms with Gasteiger partial charge in [-0.2, -0.15) is 0 Å². The highest BCUT2D eigenvalue weighted by atomic mass is 16.2. The van der Waals surface area contributed by atoms with Crippen LogP contribution in [0.5, 0.6) is 0 Å². The van der Waals surface area contributed by atoms with Crippen molar-refractivity contribution in [3.63, 3.8) is 0 Å². The second-order valence-corrected chi connectivity index (χ2v) is 6.79. The topological polar surface area (TPSA) is 61.4 Å². The molecule has 0 radical (unpaired) electrons. The minimum absolute atomic E-state index is 0.0365. The summed E-state index contributed by atoms with van der Waals surface area (Å²) in [6.07, 6.45) is 2.58. The third-order valence-corrected chi connectivity index (χ3v) is 4.87. The molecule has 0 aliphatic carbocycles. The molecule has 2 heterocycles. The van der Waals surface area contributed by atoms with Crippen LogP contribution in [-0.4, -0.2) is 53.5 Å². The summed E-state index contributed by atoms with van der Waals surface area (Å²) in [6, 6.07) is 7.89. The van der Waals surface area contributed by atoms with Crippen LogP contribution >= 0.6 is 0 Å². The van der Waals surface area contributed by atoms with E-state index in [1.165, 1.54) is 11.1 Å². The summed E-state index contributed by atoms with van der Waals surface area (Å²) < 4.78 is 0. The predicted molar refractivity (Wildman–Crippen MR) is 105 cm³/mol. The maximum Gasteiger partial charge on any atom is 0.238 e. The second-order valence-electron chi connectivity index (χ2n) is 6.79. The molecule has 1 aliphatic heterocycles. The molecule has 6 heteroatoms. The predicted octanol–water partition coefficient (Wildman–Crippen LogP) is 2.42. The Morgan fingerprint density at radius 2 is 1.77 bits per heavy atom. The molecule has 3 rings (SSSR count). The molecule has 2 aromatic rings. The number of aryl methyl sites for hydroxylation is 2. The Morgan fingerprint density at radius 1 is 1.08 bits per heavy atom. The smallest absolute Gasteiger partial charge is 0.238 e. The van der Waals surface area contributed by atoms with Crippen LogP contribution in [0.3, 0.4) is 0 Å². The number of hydrogen-bond donors (Lipinski definition) is 1. The van der Waals surface area contributed by atoms with Crippen LogP contribution in [-0.2, 0) is 11.2 Å². The monoisotopic (exact) mass is 353 g/mol. The van der Waals surface area contributed by atoms with Gasteiger partial charge in [0.2, 0.25) is 5.91 Å². The van der Waals surface area contributed by atoms with Crippen molar-refractivity contribution in [2.24, 2.45) is 0 Å². The van der Waals surface area contributed by atoms with Gasteiger partial charge >= 0.3 is 0 Å². The lowest BCUT2D eigenvalue weighted by atomic mass is 10.1. The Bertz CT molecular complexity index is 751. The first-order valence-electron chi connectivity index (χ1n) is 9.21. The summed E-state index contributed by atoms with van der Waals surface area (Å²) in [5, 5.41) is 2.97. The minimum Gasteiger partial charge on any atom is -0.354 e. The van der Waals surface area contributed by atoms with E-state index in [4.69, 9.17) is 0 Å². The van der Waals surface area contributed by atoms with Gasteiger partial charge in [-0.15, -0.1) is 0 Å². The first kappa shape index (κ1) is 18.3. The molecule has 1 aromatic carbocycles. The molecular weight excluding hydrogens is 326 g/mol. The van der Waals surface area contributed by atoms with Gasteiger partial charge in [0.05, 0.1) is 6.54 Å². The van der Waals surface area contributed by atoms with Gasteiger partial charge in [-0.05, 0) is 32.4 Å². The van der Waals surface area contributed by atoms with Gasteiger partial charge in [-0.3, -0.25) is 9.69 Å². The van der Waals surface area contributed by atoms with Crippen molar-refractivity contribution in [3.8, 4) is 0 Å². The first-order chi connectivity index (χ1) is 12.6. The Kier molecular flexibility index (Phi) is 5.83. The van der Waals surface area contributed by atoms with Crippen LogP contribution in [0.1, 0.15) is 23.7 Å². The number of hydrogen-bond acceptors (Lipinski definition) is 5. The molecule has 138 valence electrons. The fourth-order valence-corrected chi connectivity index (χ4v) is 3.33. The maximum absolute atomic E-state index is 12.3. The van der Waals surface area contributed by atoms with Crippen molar-refractivity contribution in [1.82, 2.24) is 14.9 Å². The van der Waals surface area contributed by atoms with Crippen molar-refractivity contribution < 1.29 is 4.79 Å². The standard InChI is InChI=1S/C20H27N5O/c1-4-18-16(3)21-14-22-20(18)25-11-9-24(10-12-25)13-19(26)23-17-7-5-15(2)6-8-17/h5-8,14H,4,9-13H2,1-3H3,(H,23,26). The quantitative estimate of drug-likeness (QED) is 0.894. The minimum atomic E-state index is 0.0365. The Hall–Kier alpha value is -2.47. The lowest BCUT2D eigenvalue weighted by Gasteiger charge is -2.35. The summed E-state index contributed by atoms with van der Waals surface area (Å²) >= 11 is 0. The maximum atomic E-state index is 12.3. The van der Waals surface area contributed by atoms with E-state index in [0.717, 1.165) is 49.8 Å². The van der Waals surface area contributed by atoms with E-state index in [-0.39, 0.29) is 5.91 Å². The zero-order chi connectivity index (χ0) is 18.5. The average molecular weight is 353 g/mol. The number of benzene rings is 1. The van der Waals surface area contributed by atoms with Crippen molar-refractivity contribution in [2.75, 3.05) is 42.9 Å². The number of anilines is 2. The molecule has 1 saturated heterocycles. The number of aromatic nitrogens is 2. The molecule has 26 heavy (non-hydrogen) atoms. The summed E-state index contributed by atoms with van der Waals surface area (Å²) in [7, 11) is 0. The summed E-state index contributed by atoms with van der Waals surface area (Å²) in [5.74, 6) is 1.08. The third-order valence-electron chi connectivity index (χ3n) is 4.87. The van der Waals surface area contributed by atoms with Gasteiger partial charge in [0, 0.05) is 43.1 Å².